The Morgan fingerprint density at radius 2 is 1.85 bits per heavy atom. The summed E-state index contributed by atoms with van der Waals surface area (Å²) >= 11 is 2.91. The molecule has 0 unspecified atom stereocenters. The SMILES string of the molecule is Cc1ccccc1SCC(=O)NNC(=O)[C@H](C)Nc1nc2ccccc2s1. The standard InChI is InChI=1S/C19H20N4O2S2/c1-12-7-3-5-9-15(12)26-11-17(24)22-23-18(25)13(2)20-19-21-14-8-4-6-10-16(14)27-19/h3-10,13H,11H2,1-2H3,(H,20,21)(H,22,24)(H,23,25)/t13-/m0/s1. The number of carbonyl (C=O) groups is 2. The number of hydrogen-bond acceptors (Lipinski definition) is 6. The van der Waals surface area contributed by atoms with Gasteiger partial charge in [-0.15, -0.1) is 11.8 Å². The van der Waals surface area contributed by atoms with Gasteiger partial charge in [-0.25, -0.2) is 4.98 Å². The minimum absolute atomic E-state index is 0.227. The monoisotopic (exact) mass is 400 g/mol. The van der Waals surface area contributed by atoms with Crippen molar-refractivity contribution in [3.05, 3.63) is 54.1 Å². The number of hydrogen-bond donors (Lipinski definition) is 3. The Bertz CT molecular complexity index is 925. The van der Waals surface area contributed by atoms with E-state index in [1.807, 2.05) is 55.5 Å². The molecular formula is C19H20N4O2S2. The lowest BCUT2D eigenvalue weighted by Crippen LogP contribution is -2.48. The third kappa shape index (κ3) is 5.21. The van der Waals surface area contributed by atoms with Crippen LogP contribution in [0.4, 0.5) is 5.13 Å². The summed E-state index contributed by atoms with van der Waals surface area (Å²) in [5.41, 5.74) is 6.91. The lowest BCUT2D eigenvalue weighted by Gasteiger charge is -2.14. The number of amides is 2. The van der Waals surface area contributed by atoms with Crippen molar-refractivity contribution in [3.8, 4) is 0 Å². The van der Waals surface area contributed by atoms with Crippen LogP contribution in [0, 0.1) is 6.92 Å². The van der Waals surface area contributed by atoms with Crippen LogP contribution in [0.2, 0.25) is 0 Å². The van der Waals surface area contributed by atoms with Crippen molar-refractivity contribution in [2.24, 2.45) is 0 Å². The number of hydrazine groups is 1. The van der Waals surface area contributed by atoms with Gasteiger partial charge < -0.3 is 5.32 Å². The van der Waals surface area contributed by atoms with Crippen LogP contribution < -0.4 is 16.2 Å². The molecule has 2 amide bonds. The molecule has 1 atom stereocenters. The molecular weight excluding hydrogens is 380 g/mol. The second-order valence-electron chi connectivity index (χ2n) is 5.94. The maximum atomic E-state index is 12.2. The van der Waals surface area contributed by atoms with Crippen molar-refractivity contribution < 1.29 is 9.59 Å². The fraction of sp³-hybridized carbons (Fsp3) is 0.211. The predicted molar refractivity (Wildman–Crippen MR) is 111 cm³/mol. The predicted octanol–water partition coefficient (Wildman–Crippen LogP) is 3.34. The molecule has 0 aliphatic carbocycles. The van der Waals surface area contributed by atoms with E-state index in [2.05, 4.69) is 21.2 Å². The van der Waals surface area contributed by atoms with Crippen LogP contribution in [0.25, 0.3) is 10.2 Å². The molecule has 0 saturated carbocycles. The molecule has 0 radical (unpaired) electrons. The van der Waals surface area contributed by atoms with Gasteiger partial charge in [-0.05, 0) is 37.6 Å². The Kier molecular flexibility index (Phi) is 6.31. The lowest BCUT2D eigenvalue weighted by atomic mass is 10.2. The number of nitrogens with one attached hydrogen (secondary N) is 3. The molecule has 6 nitrogen and oxygen atoms in total. The second-order valence-corrected chi connectivity index (χ2v) is 7.99. The maximum absolute atomic E-state index is 12.2. The number of nitrogens with zero attached hydrogens (tertiary/aromatic N) is 1. The van der Waals surface area contributed by atoms with Crippen LogP contribution in [-0.4, -0.2) is 28.6 Å². The number of thiazole rings is 1. The summed E-state index contributed by atoms with van der Waals surface area (Å²) in [6, 6.07) is 15.1. The van der Waals surface area contributed by atoms with Gasteiger partial charge >= 0.3 is 0 Å². The molecule has 8 heteroatoms. The second kappa shape index (κ2) is 8.88. The van der Waals surface area contributed by atoms with E-state index in [0.29, 0.717) is 5.13 Å². The number of para-hydroxylation sites is 1. The summed E-state index contributed by atoms with van der Waals surface area (Å²) < 4.78 is 1.05. The molecule has 0 bridgehead atoms. The lowest BCUT2D eigenvalue weighted by molar-refractivity contribution is -0.127. The first-order chi connectivity index (χ1) is 13.0. The smallest absolute Gasteiger partial charge is 0.260 e. The van der Waals surface area contributed by atoms with Crippen LogP contribution >= 0.6 is 23.1 Å². The highest BCUT2D eigenvalue weighted by atomic mass is 32.2. The third-order valence-corrected chi connectivity index (χ3v) is 5.95. The number of carbonyl (C=O) groups excluding carboxylic acids is 2. The molecule has 0 aliphatic rings. The number of anilines is 1. The van der Waals surface area contributed by atoms with E-state index in [-0.39, 0.29) is 17.6 Å². The average Bonchev–Trinajstić information content (AvgIpc) is 3.07. The first-order valence-electron chi connectivity index (χ1n) is 8.42. The Labute approximate surface area is 165 Å². The molecule has 0 aliphatic heterocycles. The molecule has 3 aromatic rings. The van der Waals surface area contributed by atoms with Crippen molar-refractivity contribution >= 4 is 50.3 Å². The molecule has 2 aromatic carbocycles. The zero-order valence-electron chi connectivity index (χ0n) is 15.0. The van der Waals surface area contributed by atoms with Crippen LogP contribution in [-0.2, 0) is 9.59 Å². The largest absolute Gasteiger partial charge is 0.350 e. The van der Waals surface area contributed by atoms with Crippen molar-refractivity contribution in [1.29, 1.82) is 0 Å². The number of benzene rings is 2. The summed E-state index contributed by atoms with van der Waals surface area (Å²) in [5.74, 6) is -0.363. The number of aryl methyl sites for hydroxylation is 1. The molecule has 27 heavy (non-hydrogen) atoms. The minimum atomic E-state index is -0.533. The Balaban J connectivity index is 1.45. The van der Waals surface area contributed by atoms with Crippen molar-refractivity contribution in [1.82, 2.24) is 15.8 Å². The summed E-state index contributed by atoms with van der Waals surface area (Å²) in [6.07, 6.45) is 0. The van der Waals surface area contributed by atoms with Gasteiger partial charge in [0.15, 0.2) is 5.13 Å². The number of aromatic nitrogens is 1. The summed E-state index contributed by atoms with van der Waals surface area (Å²) in [7, 11) is 0. The quantitative estimate of drug-likeness (QED) is 0.437. The van der Waals surface area contributed by atoms with E-state index in [0.717, 1.165) is 20.7 Å². The molecule has 1 aromatic heterocycles. The zero-order chi connectivity index (χ0) is 19.2. The van der Waals surface area contributed by atoms with Crippen molar-refractivity contribution in [3.63, 3.8) is 0 Å². The maximum Gasteiger partial charge on any atom is 0.260 e. The summed E-state index contributed by atoms with van der Waals surface area (Å²) in [4.78, 5) is 29.6. The fourth-order valence-electron chi connectivity index (χ4n) is 2.32. The van der Waals surface area contributed by atoms with Crippen LogP contribution in [0.1, 0.15) is 12.5 Å². The molecule has 3 N–H and O–H groups in total. The summed E-state index contributed by atoms with van der Waals surface area (Å²) in [5, 5.41) is 3.73. The number of fused-ring (bicyclic) bond motifs is 1. The van der Waals surface area contributed by atoms with E-state index in [1.165, 1.54) is 23.1 Å². The highest BCUT2D eigenvalue weighted by Crippen LogP contribution is 2.25. The van der Waals surface area contributed by atoms with E-state index >= 15 is 0 Å². The Morgan fingerprint density at radius 3 is 2.63 bits per heavy atom. The zero-order valence-corrected chi connectivity index (χ0v) is 16.6. The topological polar surface area (TPSA) is 83.1 Å². The molecule has 3 rings (SSSR count). The van der Waals surface area contributed by atoms with Gasteiger partial charge in [0, 0.05) is 4.90 Å². The van der Waals surface area contributed by atoms with Gasteiger partial charge in [0.2, 0.25) is 5.91 Å². The van der Waals surface area contributed by atoms with E-state index in [4.69, 9.17) is 0 Å². The van der Waals surface area contributed by atoms with Gasteiger partial charge in [-0.3, -0.25) is 20.4 Å². The first kappa shape index (κ1) is 19.2. The molecule has 1 heterocycles. The highest BCUT2D eigenvalue weighted by Gasteiger charge is 2.15. The van der Waals surface area contributed by atoms with E-state index < -0.39 is 6.04 Å². The molecule has 0 spiro atoms. The first-order valence-corrected chi connectivity index (χ1v) is 10.2. The highest BCUT2D eigenvalue weighted by molar-refractivity contribution is 8.00. The van der Waals surface area contributed by atoms with E-state index in [1.54, 1.807) is 6.92 Å². The average molecular weight is 401 g/mol. The van der Waals surface area contributed by atoms with Crippen LogP contribution in [0.5, 0.6) is 0 Å². The van der Waals surface area contributed by atoms with Gasteiger partial charge in [0.25, 0.3) is 5.91 Å². The van der Waals surface area contributed by atoms with Crippen LogP contribution in [0.15, 0.2) is 53.4 Å². The van der Waals surface area contributed by atoms with Crippen molar-refractivity contribution in [2.45, 2.75) is 24.8 Å². The molecule has 0 fully saturated rings. The summed E-state index contributed by atoms with van der Waals surface area (Å²) in [6.45, 7) is 3.72. The minimum Gasteiger partial charge on any atom is -0.350 e. The van der Waals surface area contributed by atoms with Gasteiger partial charge in [0.1, 0.15) is 6.04 Å². The molecule has 0 saturated heterocycles. The van der Waals surface area contributed by atoms with Gasteiger partial charge in [0.05, 0.1) is 16.0 Å². The molecule has 140 valence electrons. The van der Waals surface area contributed by atoms with E-state index in [9.17, 15) is 9.59 Å². The normalized spacial score (nSPS) is 11.8. The van der Waals surface area contributed by atoms with Crippen molar-refractivity contribution in [2.75, 3.05) is 11.1 Å². The van der Waals surface area contributed by atoms with Gasteiger partial charge in [-0.1, -0.05) is 41.7 Å². The number of rotatable bonds is 6. The Morgan fingerprint density at radius 1 is 1.11 bits per heavy atom. The third-order valence-electron chi connectivity index (χ3n) is 3.80. The Hall–Kier alpha value is -2.58. The number of thioether (sulfide) groups is 1. The van der Waals surface area contributed by atoms with Crippen LogP contribution in [0.3, 0.4) is 0 Å². The van der Waals surface area contributed by atoms with Gasteiger partial charge in [-0.2, -0.15) is 0 Å². The fourth-order valence-corrected chi connectivity index (χ4v) is 4.10.